The van der Waals surface area contributed by atoms with Crippen molar-refractivity contribution in [2.24, 2.45) is 5.92 Å². The fraction of sp³-hybridized carbons (Fsp3) is 0.467. The lowest BCUT2D eigenvalue weighted by molar-refractivity contribution is 0.254. The average Bonchev–Trinajstić information content (AvgIpc) is 2.75. The summed E-state index contributed by atoms with van der Waals surface area (Å²) in [5, 5.41) is 3.56. The van der Waals surface area contributed by atoms with E-state index in [2.05, 4.69) is 45.5 Å². The fourth-order valence-corrected chi connectivity index (χ4v) is 5.80. The first-order valence-corrected chi connectivity index (χ1v) is 9.36. The second-order valence-corrected chi connectivity index (χ2v) is 8.72. The highest BCUT2D eigenvalue weighted by molar-refractivity contribution is 9.10. The van der Waals surface area contributed by atoms with Crippen molar-refractivity contribution in [1.82, 2.24) is 5.32 Å². The van der Waals surface area contributed by atoms with Gasteiger partial charge in [-0.1, -0.05) is 83.5 Å². The molecule has 0 radical (unpaired) electrons. The van der Waals surface area contributed by atoms with Crippen molar-refractivity contribution in [2.75, 3.05) is 0 Å². The summed E-state index contributed by atoms with van der Waals surface area (Å²) < 4.78 is 2.91. The van der Waals surface area contributed by atoms with Gasteiger partial charge < -0.3 is 5.32 Å². The molecule has 106 valence electrons. The monoisotopic (exact) mass is 385 g/mol. The van der Waals surface area contributed by atoms with Gasteiger partial charge in [-0.2, -0.15) is 0 Å². The summed E-state index contributed by atoms with van der Waals surface area (Å²) in [6, 6.07) is 8.50. The van der Waals surface area contributed by atoms with Crippen LogP contribution in [0.3, 0.4) is 0 Å². The molecule has 1 N–H and O–H groups in total. The summed E-state index contributed by atoms with van der Waals surface area (Å²) in [6.07, 6.45) is 6.38. The normalized spacial score (nSPS) is 27.6. The van der Waals surface area contributed by atoms with Gasteiger partial charge in [0.05, 0.1) is 4.20 Å². The van der Waals surface area contributed by atoms with Gasteiger partial charge in [0, 0.05) is 4.47 Å². The van der Waals surface area contributed by atoms with Crippen LogP contribution < -0.4 is 5.32 Å². The van der Waals surface area contributed by atoms with Crippen LogP contribution in [-0.2, 0) is 5.54 Å². The molecule has 1 aliphatic heterocycles. The minimum atomic E-state index is -0.249. The molecule has 1 heterocycles. The lowest BCUT2D eigenvalue weighted by atomic mass is 9.72. The van der Waals surface area contributed by atoms with Crippen molar-refractivity contribution in [3.63, 3.8) is 0 Å². The smallest absolute Gasteiger partial charge is 0.140 e. The van der Waals surface area contributed by atoms with Gasteiger partial charge in [-0.3, -0.25) is 0 Å². The number of hydrogen-bond acceptors (Lipinski definition) is 3. The molecule has 1 aliphatic carbocycles. The molecule has 0 spiro atoms. The Labute approximate surface area is 143 Å². The minimum Gasteiger partial charge on any atom is -0.356 e. The molecule has 1 unspecified atom stereocenters. The van der Waals surface area contributed by atoms with E-state index in [-0.39, 0.29) is 5.54 Å². The first-order valence-electron chi connectivity index (χ1n) is 6.93. The fourth-order valence-electron chi connectivity index (χ4n) is 3.37. The molecule has 1 saturated heterocycles. The molecule has 0 amide bonds. The van der Waals surface area contributed by atoms with Crippen LogP contribution in [0.4, 0.5) is 0 Å². The summed E-state index contributed by atoms with van der Waals surface area (Å²) in [5.74, 6) is 0.547. The number of halogens is 1. The van der Waals surface area contributed by atoms with Crippen LogP contribution in [0, 0.1) is 5.92 Å². The largest absolute Gasteiger partial charge is 0.356 e. The zero-order chi connectivity index (χ0) is 14.2. The number of thiocarbonyl (C=S) groups is 2. The third kappa shape index (κ3) is 2.58. The van der Waals surface area contributed by atoms with Crippen LogP contribution in [0.1, 0.15) is 37.7 Å². The number of thioether (sulfide) groups is 1. The first kappa shape index (κ1) is 14.9. The quantitative estimate of drug-likeness (QED) is 0.703. The van der Waals surface area contributed by atoms with Crippen LogP contribution in [0.15, 0.2) is 28.7 Å². The van der Waals surface area contributed by atoms with E-state index in [1.807, 2.05) is 0 Å². The van der Waals surface area contributed by atoms with E-state index in [1.54, 1.807) is 11.8 Å². The van der Waals surface area contributed by atoms with E-state index in [0.29, 0.717) is 5.92 Å². The van der Waals surface area contributed by atoms with Gasteiger partial charge in [0.1, 0.15) is 9.86 Å². The molecule has 5 heteroatoms. The van der Waals surface area contributed by atoms with E-state index < -0.39 is 0 Å². The second kappa shape index (κ2) is 6.03. The van der Waals surface area contributed by atoms with Crippen molar-refractivity contribution in [3.8, 4) is 0 Å². The Morgan fingerprint density at radius 3 is 2.55 bits per heavy atom. The van der Waals surface area contributed by atoms with Gasteiger partial charge in [-0.15, -0.1) is 0 Å². The topological polar surface area (TPSA) is 12.0 Å². The molecule has 0 bridgehead atoms. The Kier molecular flexibility index (Phi) is 4.51. The van der Waals surface area contributed by atoms with Crippen LogP contribution in [-0.4, -0.2) is 8.52 Å². The van der Waals surface area contributed by atoms with Gasteiger partial charge in [-0.25, -0.2) is 0 Å². The number of nitrogens with one attached hydrogen (secondary N) is 1. The number of hydrogen-bond donors (Lipinski definition) is 1. The zero-order valence-corrected chi connectivity index (χ0v) is 15.1. The molecule has 3 rings (SSSR count). The summed E-state index contributed by atoms with van der Waals surface area (Å²) in [7, 11) is 0. The molecule has 1 aromatic rings. The van der Waals surface area contributed by atoms with Crippen LogP contribution >= 0.6 is 52.1 Å². The van der Waals surface area contributed by atoms with E-state index >= 15 is 0 Å². The third-order valence-electron chi connectivity index (χ3n) is 4.30. The van der Waals surface area contributed by atoms with Gasteiger partial charge in [0.25, 0.3) is 0 Å². The second-order valence-electron chi connectivity index (χ2n) is 5.46. The van der Waals surface area contributed by atoms with Crippen LogP contribution in [0.25, 0.3) is 0 Å². The van der Waals surface area contributed by atoms with Crippen molar-refractivity contribution < 1.29 is 0 Å². The van der Waals surface area contributed by atoms with Crippen molar-refractivity contribution in [3.05, 3.63) is 34.3 Å². The zero-order valence-electron chi connectivity index (χ0n) is 11.0. The van der Waals surface area contributed by atoms with Crippen LogP contribution in [0.2, 0.25) is 0 Å². The van der Waals surface area contributed by atoms with Crippen molar-refractivity contribution in [1.29, 1.82) is 0 Å². The molecule has 1 nitrogen and oxygen atoms in total. The summed E-state index contributed by atoms with van der Waals surface area (Å²) >= 11 is 16.3. The maximum atomic E-state index is 5.73. The molecule has 1 aromatic carbocycles. The predicted octanol–water partition coefficient (Wildman–Crippen LogP) is 5.17. The Hall–Kier alpha value is 0.0300. The highest BCUT2D eigenvalue weighted by atomic mass is 79.9. The van der Waals surface area contributed by atoms with E-state index in [0.717, 1.165) is 13.0 Å². The minimum absolute atomic E-state index is 0.249. The van der Waals surface area contributed by atoms with E-state index in [4.69, 9.17) is 24.4 Å². The Morgan fingerprint density at radius 2 is 1.95 bits per heavy atom. The summed E-state index contributed by atoms with van der Waals surface area (Å²) in [4.78, 5) is 0. The summed E-state index contributed by atoms with van der Waals surface area (Å²) in [5.41, 5.74) is 0.998. The van der Waals surface area contributed by atoms with Gasteiger partial charge in [-0.05, 0) is 36.5 Å². The maximum Gasteiger partial charge on any atom is 0.140 e. The molecule has 1 saturated carbocycles. The molecular formula is C15H16BrNS3. The molecule has 1 atom stereocenters. The van der Waals surface area contributed by atoms with Gasteiger partial charge in [0.15, 0.2) is 0 Å². The maximum absolute atomic E-state index is 5.73. The predicted molar refractivity (Wildman–Crippen MR) is 98.3 cm³/mol. The SMILES string of the molecule is S=C1NC(c2cccc(Br)c2)(C2CCCCC2)C(=S)S1. The average molecular weight is 386 g/mol. The summed E-state index contributed by atoms with van der Waals surface area (Å²) in [6.45, 7) is 0. The highest BCUT2D eigenvalue weighted by Gasteiger charge is 2.49. The first-order chi connectivity index (χ1) is 9.63. The lowest BCUT2D eigenvalue weighted by Gasteiger charge is -2.40. The molecule has 0 aromatic heterocycles. The Balaban J connectivity index is 2.08. The Morgan fingerprint density at radius 1 is 1.20 bits per heavy atom. The van der Waals surface area contributed by atoms with E-state index in [9.17, 15) is 0 Å². The Bertz CT molecular complexity index is 554. The van der Waals surface area contributed by atoms with Gasteiger partial charge >= 0.3 is 0 Å². The molecule has 2 aliphatic rings. The van der Waals surface area contributed by atoms with Crippen molar-refractivity contribution >= 4 is 60.6 Å². The number of rotatable bonds is 2. The molecular weight excluding hydrogens is 370 g/mol. The molecule has 20 heavy (non-hydrogen) atoms. The molecule has 2 fully saturated rings. The van der Waals surface area contributed by atoms with E-state index in [1.165, 1.54) is 37.7 Å². The van der Waals surface area contributed by atoms with Gasteiger partial charge in [0.2, 0.25) is 0 Å². The standard InChI is InChI=1S/C15H16BrNS3/c16-12-8-4-7-11(9-12)15(10-5-2-1-3-6-10)13(18)20-14(19)17-15/h4,7-10H,1-3,5-6H2,(H,17,19). The van der Waals surface area contributed by atoms with Crippen LogP contribution in [0.5, 0.6) is 0 Å². The third-order valence-corrected chi connectivity index (χ3v) is 6.52. The lowest BCUT2D eigenvalue weighted by Crippen LogP contribution is -2.49. The highest BCUT2D eigenvalue weighted by Crippen LogP contribution is 2.47. The van der Waals surface area contributed by atoms with Crippen molar-refractivity contribution in [2.45, 2.75) is 37.6 Å². The number of benzene rings is 1.